The maximum atomic E-state index is 6.24. The smallest absolute Gasteiger partial charge is 0.0406 e. The van der Waals surface area contributed by atoms with Crippen LogP contribution in [0.5, 0.6) is 0 Å². The molecule has 2 nitrogen and oxygen atoms in total. The van der Waals surface area contributed by atoms with Crippen LogP contribution >= 0.6 is 11.6 Å². The van der Waals surface area contributed by atoms with Crippen molar-refractivity contribution in [2.75, 3.05) is 13.1 Å². The summed E-state index contributed by atoms with van der Waals surface area (Å²) in [7, 11) is 0. The van der Waals surface area contributed by atoms with Gasteiger partial charge in [-0.05, 0) is 49.9 Å². The summed E-state index contributed by atoms with van der Waals surface area (Å²) in [6, 6.07) is 8.81. The first kappa shape index (κ1) is 13.9. The molecule has 2 N–H and O–H groups in total. The van der Waals surface area contributed by atoms with Crippen molar-refractivity contribution in [3.63, 3.8) is 0 Å². The lowest BCUT2D eigenvalue weighted by Crippen LogP contribution is -2.31. The monoisotopic (exact) mass is 266 g/mol. The first-order valence-electron chi connectivity index (χ1n) is 6.95. The third kappa shape index (κ3) is 3.47. The van der Waals surface area contributed by atoms with Crippen LogP contribution in [0.15, 0.2) is 24.3 Å². The van der Waals surface area contributed by atoms with E-state index in [4.69, 9.17) is 17.3 Å². The van der Waals surface area contributed by atoms with Crippen LogP contribution in [0, 0.1) is 0 Å². The third-order valence-electron chi connectivity index (χ3n) is 4.00. The fourth-order valence-corrected chi connectivity index (χ4v) is 2.96. The maximum absolute atomic E-state index is 6.24. The molecule has 0 bridgehead atoms. The molecule has 2 unspecified atom stereocenters. The molecule has 2 atom stereocenters. The van der Waals surface area contributed by atoms with Gasteiger partial charge in [0.15, 0.2) is 0 Å². The van der Waals surface area contributed by atoms with E-state index in [9.17, 15) is 0 Å². The minimum Gasteiger partial charge on any atom is -0.324 e. The van der Waals surface area contributed by atoms with Crippen molar-refractivity contribution in [3.05, 3.63) is 34.9 Å². The molecule has 0 radical (unpaired) electrons. The Labute approximate surface area is 115 Å². The molecule has 1 saturated heterocycles. The Morgan fingerprint density at radius 3 is 2.78 bits per heavy atom. The Hall–Kier alpha value is -0.570. The Balaban J connectivity index is 1.84. The molecule has 1 aliphatic heterocycles. The molecule has 0 amide bonds. The van der Waals surface area contributed by atoms with Crippen LogP contribution in [0.25, 0.3) is 0 Å². The predicted molar refractivity (Wildman–Crippen MR) is 77.9 cm³/mol. The van der Waals surface area contributed by atoms with Crippen molar-refractivity contribution < 1.29 is 0 Å². The zero-order valence-corrected chi connectivity index (χ0v) is 11.9. The highest BCUT2D eigenvalue weighted by Gasteiger charge is 2.22. The minimum atomic E-state index is 0.125. The Morgan fingerprint density at radius 2 is 2.11 bits per heavy atom. The number of halogens is 1. The lowest BCUT2D eigenvalue weighted by atomic mass is 10.0. The zero-order chi connectivity index (χ0) is 13.0. The molecule has 3 heteroatoms. The largest absolute Gasteiger partial charge is 0.324 e. The highest BCUT2D eigenvalue weighted by atomic mass is 35.5. The molecule has 0 aliphatic carbocycles. The van der Waals surface area contributed by atoms with Gasteiger partial charge in [0.25, 0.3) is 0 Å². The van der Waals surface area contributed by atoms with Crippen LogP contribution in [0.4, 0.5) is 0 Å². The molecule has 2 rings (SSSR count). The van der Waals surface area contributed by atoms with Crippen LogP contribution in [0.1, 0.15) is 44.2 Å². The van der Waals surface area contributed by atoms with Crippen LogP contribution in [0.2, 0.25) is 5.02 Å². The van der Waals surface area contributed by atoms with E-state index < -0.39 is 0 Å². The lowest BCUT2D eigenvalue weighted by Gasteiger charge is -2.24. The fourth-order valence-electron chi connectivity index (χ4n) is 2.83. The standard InChI is InChI=1S/C15H23ClN2/c1-2-14-4-3-10-18(14)11-9-15(17)12-5-7-13(16)8-6-12/h5-8,14-15H,2-4,9-11,17H2,1H3. The maximum Gasteiger partial charge on any atom is 0.0406 e. The number of nitrogens with two attached hydrogens (primary N) is 1. The fraction of sp³-hybridized carbons (Fsp3) is 0.600. The highest BCUT2D eigenvalue weighted by molar-refractivity contribution is 6.30. The van der Waals surface area contributed by atoms with E-state index in [1.54, 1.807) is 0 Å². The molecule has 0 spiro atoms. The van der Waals surface area contributed by atoms with Gasteiger partial charge in [0.05, 0.1) is 0 Å². The van der Waals surface area contributed by atoms with Gasteiger partial charge in [-0.3, -0.25) is 0 Å². The second-order valence-electron chi connectivity index (χ2n) is 5.19. The number of hydrogen-bond acceptors (Lipinski definition) is 2. The summed E-state index contributed by atoms with van der Waals surface area (Å²) >= 11 is 5.89. The molecule has 0 aromatic heterocycles. The number of rotatable bonds is 5. The summed E-state index contributed by atoms with van der Waals surface area (Å²) in [6.45, 7) is 4.64. The molecule has 100 valence electrons. The van der Waals surface area contributed by atoms with Gasteiger partial charge in [0.2, 0.25) is 0 Å². The summed E-state index contributed by atoms with van der Waals surface area (Å²) in [4.78, 5) is 2.59. The van der Waals surface area contributed by atoms with Gasteiger partial charge in [-0.15, -0.1) is 0 Å². The van der Waals surface area contributed by atoms with Crippen molar-refractivity contribution in [2.45, 2.75) is 44.7 Å². The highest BCUT2D eigenvalue weighted by Crippen LogP contribution is 2.22. The molecule has 1 aliphatic rings. The Bertz CT molecular complexity index is 363. The van der Waals surface area contributed by atoms with Gasteiger partial charge < -0.3 is 10.6 Å². The van der Waals surface area contributed by atoms with E-state index in [1.807, 2.05) is 24.3 Å². The minimum absolute atomic E-state index is 0.125. The Kier molecular flexibility index (Phi) is 5.04. The molecular formula is C15H23ClN2. The van der Waals surface area contributed by atoms with Crippen LogP contribution in [-0.4, -0.2) is 24.0 Å². The molecule has 1 heterocycles. The number of hydrogen-bond donors (Lipinski definition) is 1. The summed E-state index contributed by atoms with van der Waals surface area (Å²) in [5, 5.41) is 0.775. The molecule has 1 fully saturated rings. The average molecular weight is 267 g/mol. The number of nitrogens with zero attached hydrogens (tertiary/aromatic N) is 1. The topological polar surface area (TPSA) is 29.3 Å². The summed E-state index contributed by atoms with van der Waals surface area (Å²) in [6.07, 6.45) is 4.98. The van der Waals surface area contributed by atoms with Gasteiger partial charge in [0, 0.05) is 23.7 Å². The predicted octanol–water partition coefficient (Wildman–Crippen LogP) is 3.60. The van der Waals surface area contributed by atoms with E-state index >= 15 is 0 Å². The number of likely N-dealkylation sites (tertiary alicyclic amines) is 1. The second-order valence-corrected chi connectivity index (χ2v) is 5.62. The number of benzene rings is 1. The van der Waals surface area contributed by atoms with Gasteiger partial charge >= 0.3 is 0 Å². The average Bonchev–Trinajstić information content (AvgIpc) is 2.84. The van der Waals surface area contributed by atoms with Gasteiger partial charge in [-0.25, -0.2) is 0 Å². The van der Waals surface area contributed by atoms with Crippen LogP contribution < -0.4 is 5.73 Å². The summed E-state index contributed by atoms with van der Waals surface area (Å²) in [5.41, 5.74) is 7.43. The Morgan fingerprint density at radius 1 is 1.39 bits per heavy atom. The molecule has 1 aromatic rings. The lowest BCUT2D eigenvalue weighted by molar-refractivity contribution is 0.239. The van der Waals surface area contributed by atoms with Crippen LogP contribution in [0.3, 0.4) is 0 Å². The molecule has 0 saturated carbocycles. The third-order valence-corrected chi connectivity index (χ3v) is 4.25. The van der Waals surface area contributed by atoms with Gasteiger partial charge in [-0.1, -0.05) is 30.7 Å². The van der Waals surface area contributed by atoms with E-state index in [2.05, 4.69) is 11.8 Å². The van der Waals surface area contributed by atoms with Crippen molar-refractivity contribution >= 4 is 11.6 Å². The first-order valence-corrected chi connectivity index (χ1v) is 7.33. The SMILES string of the molecule is CCC1CCCN1CCC(N)c1ccc(Cl)cc1. The first-order chi connectivity index (χ1) is 8.70. The normalized spacial score (nSPS) is 22.3. The molecule has 18 heavy (non-hydrogen) atoms. The van der Waals surface area contributed by atoms with Crippen molar-refractivity contribution in [3.8, 4) is 0 Å². The summed E-state index contributed by atoms with van der Waals surface area (Å²) < 4.78 is 0. The van der Waals surface area contributed by atoms with E-state index in [1.165, 1.54) is 31.4 Å². The van der Waals surface area contributed by atoms with Gasteiger partial charge in [-0.2, -0.15) is 0 Å². The van der Waals surface area contributed by atoms with Crippen molar-refractivity contribution in [2.24, 2.45) is 5.73 Å². The van der Waals surface area contributed by atoms with E-state index in [0.29, 0.717) is 0 Å². The van der Waals surface area contributed by atoms with Gasteiger partial charge in [0.1, 0.15) is 0 Å². The second kappa shape index (κ2) is 6.55. The van der Waals surface area contributed by atoms with E-state index in [-0.39, 0.29) is 6.04 Å². The summed E-state index contributed by atoms with van der Waals surface area (Å²) in [5.74, 6) is 0. The van der Waals surface area contributed by atoms with Crippen molar-refractivity contribution in [1.82, 2.24) is 4.90 Å². The quantitative estimate of drug-likeness (QED) is 0.882. The van der Waals surface area contributed by atoms with E-state index in [0.717, 1.165) is 24.0 Å². The van der Waals surface area contributed by atoms with Crippen LogP contribution in [-0.2, 0) is 0 Å². The molecular weight excluding hydrogens is 244 g/mol. The zero-order valence-electron chi connectivity index (χ0n) is 11.1. The van der Waals surface area contributed by atoms with Crippen molar-refractivity contribution in [1.29, 1.82) is 0 Å². The molecule has 1 aromatic carbocycles.